The third-order valence-electron chi connectivity index (χ3n) is 9.33. The Morgan fingerprint density at radius 3 is 0.878 bits per heavy atom. The Bertz CT molecular complexity index is 2090. The van der Waals surface area contributed by atoms with Gasteiger partial charge in [0.05, 0.1) is 0 Å². The van der Waals surface area contributed by atoms with Gasteiger partial charge in [0, 0.05) is 0 Å². The van der Waals surface area contributed by atoms with E-state index in [0.29, 0.717) is 0 Å². The predicted octanol–water partition coefficient (Wildman–Crippen LogP) is 13.7. The predicted molar refractivity (Wildman–Crippen MR) is 209 cm³/mol. The van der Waals surface area contributed by atoms with Crippen molar-refractivity contribution in [3.8, 4) is 77.9 Å². The van der Waals surface area contributed by atoms with Crippen molar-refractivity contribution in [2.24, 2.45) is 0 Å². The van der Waals surface area contributed by atoms with Gasteiger partial charge in [-0.15, -0.1) is 0 Å². The molecule has 0 amide bonds. The monoisotopic (exact) mass is 624 g/mol. The molecule has 0 fully saturated rings. The van der Waals surface area contributed by atoms with Gasteiger partial charge in [0.2, 0.25) is 0 Å². The highest BCUT2D eigenvalue weighted by atomic mass is 14.2. The van der Waals surface area contributed by atoms with Crippen LogP contribution in [0.5, 0.6) is 0 Å². The van der Waals surface area contributed by atoms with Gasteiger partial charge in [-0.2, -0.15) is 0 Å². The normalized spacial score (nSPS) is 11.0. The summed E-state index contributed by atoms with van der Waals surface area (Å²) < 4.78 is 0. The Labute approximate surface area is 289 Å². The smallest absolute Gasteiger partial charge is 0.00264 e. The summed E-state index contributed by atoms with van der Waals surface area (Å²) in [5.74, 6) is 0. The number of aryl methyl sites for hydroxylation is 1. The number of hydrogen-bond acceptors (Lipinski definition) is 0. The van der Waals surface area contributed by atoms with Crippen LogP contribution in [0.4, 0.5) is 0 Å². The van der Waals surface area contributed by atoms with Gasteiger partial charge in [-0.05, 0) is 103 Å². The van der Waals surface area contributed by atoms with E-state index in [1.165, 1.54) is 83.5 Å². The van der Waals surface area contributed by atoms with Crippen molar-refractivity contribution in [1.29, 1.82) is 0 Å². The average molecular weight is 625 g/mol. The summed E-state index contributed by atoms with van der Waals surface area (Å²) in [5.41, 5.74) is 18.2. The molecule has 0 spiro atoms. The number of benzene rings is 8. The summed E-state index contributed by atoms with van der Waals surface area (Å²) in [6.07, 6.45) is 0. The molecule has 0 unspecified atom stereocenters. The molecule has 0 atom stereocenters. The van der Waals surface area contributed by atoms with Crippen molar-refractivity contribution in [2.75, 3.05) is 0 Å². The van der Waals surface area contributed by atoms with E-state index in [9.17, 15) is 0 Å². The van der Waals surface area contributed by atoms with E-state index >= 15 is 0 Å². The lowest BCUT2D eigenvalue weighted by Crippen LogP contribution is -1.95. The molecule has 8 aromatic carbocycles. The Kier molecular flexibility index (Phi) is 8.28. The van der Waals surface area contributed by atoms with Crippen molar-refractivity contribution < 1.29 is 0 Å². The van der Waals surface area contributed by atoms with Crippen LogP contribution in [0.15, 0.2) is 200 Å². The first-order valence-corrected chi connectivity index (χ1v) is 16.9. The van der Waals surface area contributed by atoms with Crippen LogP contribution in [-0.4, -0.2) is 0 Å². The van der Waals surface area contributed by atoms with Crippen molar-refractivity contribution in [3.05, 3.63) is 206 Å². The highest BCUT2D eigenvalue weighted by Crippen LogP contribution is 2.46. The van der Waals surface area contributed by atoms with Crippen molar-refractivity contribution in [2.45, 2.75) is 6.92 Å². The van der Waals surface area contributed by atoms with E-state index in [-0.39, 0.29) is 0 Å². The summed E-state index contributed by atoms with van der Waals surface area (Å²) >= 11 is 0. The lowest BCUT2D eigenvalue weighted by atomic mass is 9.82. The molecule has 0 aliphatic carbocycles. The Hall–Kier alpha value is -6.24. The van der Waals surface area contributed by atoms with E-state index in [1.54, 1.807) is 0 Å². The molecule has 0 bridgehead atoms. The highest BCUT2D eigenvalue weighted by molar-refractivity contribution is 6.00. The summed E-state index contributed by atoms with van der Waals surface area (Å²) in [6.45, 7) is 2.17. The van der Waals surface area contributed by atoms with Crippen molar-refractivity contribution in [3.63, 3.8) is 0 Å². The summed E-state index contributed by atoms with van der Waals surface area (Å²) in [5, 5.41) is 0. The van der Waals surface area contributed by atoms with Gasteiger partial charge in [-0.25, -0.2) is 0 Å². The number of rotatable bonds is 7. The zero-order valence-corrected chi connectivity index (χ0v) is 27.6. The molecule has 0 aliphatic rings. The van der Waals surface area contributed by atoms with Gasteiger partial charge >= 0.3 is 0 Å². The maximum Gasteiger partial charge on any atom is -0.00264 e. The molecule has 0 N–H and O–H groups in total. The van der Waals surface area contributed by atoms with Gasteiger partial charge in [-0.1, -0.05) is 188 Å². The van der Waals surface area contributed by atoms with Gasteiger partial charge in [0.1, 0.15) is 0 Å². The Balaban J connectivity index is 1.49. The molecule has 0 radical (unpaired) electrons. The first-order chi connectivity index (χ1) is 24.2. The maximum absolute atomic E-state index is 2.42. The van der Waals surface area contributed by atoms with Gasteiger partial charge in [-0.3, -0.25) is 0 Å². The average Bonchev–Trinajstić information content (AvgIpc) is 3.18. The molecule has 0 heteroatoms. The zero-order chi connectivity index (χ0) is 33.0. The minimum Gasteiger partial charge on any atom is -0.0622 e. The van der Waals surface area contributed by atoms with Crippen LogP contribution >= 0.6 is 0 Å². The van der Waals surface area contributed by atoms with E-state index in [0.717, 1.165) is 0 Å². The van der Waals surface area contributed by atoms with E-state index in [2.05, 4.69) is 207 Å². The topological polar surface area (TPSA) is 0 Å². The molecule has 0 heterocycles. The fourth-order valence-corrected chi connectivity index (χ4v) is 7.07. The van der Waals surface area contributed by atoms with E-state index in [4.69, 9.17) is 0 Å². The summed E-state index contributed by atoms with van der Waals surface area (Å²) in [6, 6.07) is 72.7. The molecule has 0 saturated carbocycles. The van der Waals surface area contributed by atoms with Crippen LogP contribution < -0.4 is 0 Å². The summed E-state index contributed by atoms with van der Waals surface area (Å²) in [4.78, 5) is 0. The largest absolute Gasteiger partial charge is 0.0622 e. The second-order valence-electron chi connectivity index (χ2n) is 12.6. The molecule has 8 rings (SSSR count). The molecule has 49 heavy (non-hydrogen) atoms. The van der Waals surface area contributed by atoms with Gasteiger partial charge in [0.25, 0.3) is 0 Å². The standard InChI is InChI=1S/C49H36/c1-35-17-14-26-40(31-35)41-32-42(48-44(36-18-6-2-7-19-36)27-15-28-45(48)37-20-8-3-9-21-37)34-43(33-41)49-46(38-22-10-4-11-23-38)29-16-30-47(49)39-24-12-5-13-25-39/h2-34H,1H3. The number of hydrogen-bond donors (Lipinski definition) is 0. The van der Waals surface area contributed by atoms with Crippen LogP contribution in [0, 0.1) is 6.92 Å². The maximum atomic E-state index is 2.42. The third kappa shape index (κ3) is 6.13. The lowest BCUT2D eigenvalue weighted by molar-refractivity contribution is 1.46. The van der Waals surface area contributed by atoms with Gasteiger partial charge < -0.3 is 0 Å². The highest BCUT2D eigenvalue weighted by Gasteiger charge is 2.20. The molecule has 0 aliphatic heterocycles. The van der Waals surface area contributed by atoms with E-state index < -0.39 is 0 Å². The molecule has 0 saturated heterocycles. The molecular weight excluding hydrogens is 589 g/mol. The fourth-order valence-electron chi connectivity index (χ4n) is 7.07. The minimum absolute atomic E-state index is 1.19. The minimum atomic E-state index is 1.19. The van der Waals surface area contributed by atoms with Gasteiger partial charge in [0.15, 0.2) is 0 Å². The lowest BCUT2D eigenvalue weighted by Gasteiger charge is -2.21. The second kappa shape index (κ2) is 13.5. The Morgan fingerprint density at radius 1 is 0.224 bits per heavy atom. The molecule has 232 valence electrons. The Morgan fingerprint density at radius 2 is 0.531 bits per heavy atom. The quantitative estimate of drug-likeness (QED) is 0.165. The molecule has 8 aromatic rings. The van der Waals surface area contributed by atoms with Crippen molar-refractivity contribution in [1.82, 2.24) is 0 Å². The SMILES string of the molecule is Cc1cccc(-c2cc(-c3c(-c4ccccc4)cccc3-c3ccccc3)cc(-c3c(-c4ccccc4)cccc3-c3ccccc3)c2)c1. The van der Waals surface area contributed by atoms with Crippen LogP contribution in [0.1, 0.15) is 5.56 Å². The first-order valence-electron chi connectivity index (χ1n) is 16.9. The second-order valence-corrected chi connectivity index (χ2v) is 12.6. The van der Waals surface area contributed by atoms with Crippen LogP contribution in [-0.2, 0) is 0 Å². The van der Waals surface area contributed by atoms with E-state index in [1.807, 2.05) is 0 Å². The molecule has 0 aromatic heterocycles. The third-order valence-corrected chi connectivity index (χ3v) is 9.33. The van der Waals surface area contributed by atoms with Crippen molar-refractivity contribution >= 4 is 0 Å². The molecule has 0 nitrogen and oxygen atoms in total. The van der Waals surface area contributed by atoms with Crippen LogP contribution in [0.25, 0.3) is 77.9 Å². The molecular formula is C49H36. The van der Waals surface area contributed by atoms with Crippen LogP contribution in [0.3, 0.4) is 0 Å². The fraction of sp³-hybridized carbons (Fsp3) is 0.0204. The van der Waals surface area contributed by atoms with Crippen LogP contribution in [0.2, 0.25) is 0 Å². The zero-order valence-electron chi connectivity index (χ0n) is 27.6. The first kappa shape index (κ1) is 30.1. The summed E-state index contributed by atoms with van der Waals surface area (Å²) in [7, 11) is 0.